The zero-order valence-corrected chi connectivity index (χ0v) is 10.4. The maximum Gasteiger partial charge on any atom is 0.165 e. The fourth-order valence-corrected chi connectivity index (χ4v) is 2.29. The molecule has 0 bridgehead atoms. The Bertz CT molecular complexity index is 525. The topological polar surface area (TPSA) is 48.1 Å². The summed E-state index contributed by atoms with van der Waals surface area (Å²) in [6.45, 7) is 1.89. The summed E-state index contributed by atoms with van der Waals surface area (Å²) >= 11 is 1.47. The number of benzene rings is 1. The molecule has 90 valence electrons. The highest BCUT2D eigenvalue weighted by Gasteiger charge is 2.10. The van der Waals surface area contributed by atoms with Gasteiger partial charge in [-0.25, -0.2) is 9.37 Å². The summed E-state index contributed by atoms with van der Waals surface area (Å²) in [7, 11) is 1.44. The maximum absolute atomic E-state index is 13.5. The Morgan fingerprint density at radius 3 is 2.76 bits per heavy atom. The van der Waals surface area contributed by atoms with Crippen LogP contribution in [0.2, 0.25) is 0 Å². The summed E-state index contributed by atoms with van der Waals surface area (Å²) in [6.07, 6.45) is 1.73. The summed E-state index contributed by atoms with van der Waals surface area (Å²) < 4.78 is 18.4. The Kier molecular flexibility index (Phi) is 3.40. The van der Waals surface area contributed by atoms with Crippen LogP contribution in [0.25, 0.3) is 10.6 Å². The third kappa shape index (κ3) is 2.45. The fourth-order valence-electron chi connectivity index (χ4n) is 1.43. The molecule has 1 unspecified atom stereocenters. The number of hydrogen-bond acceptors (Lipinski definition) is 4. The average molecular weight is 252 g/mol. The van der Waals surface area contributed by atoms with Crippen molar-refractivity contribution in [1.29, 1.82) is 0 Å². The van der Waals surface area contributed by atoms with Gasteiger partial charge in [0.2, 0.25) is 0 Å². The van der Waals surface area contributed by atoms with E-state index in [0.717, 1.165) is 15.4 Å². The molecule has 1 atom stereocenters. The second-order valence-corrected chi connectivity index (χ2v) is 4.77. The lowest BCUT2D eigenvalue weighted by Gasteiger charge is -2.02. The number of ether oxygens (including phenoxy) is 1. The van der Waals surface area contributed by atoms with Gasteiger partial charge in [-0.2, -0.15) is 0 Å². The van der Waals surface area contributed by atoms with Crippen molar-refractivity contribution < 1.29 is 9.13 Å². The van der Waals surface area contributed by atoms with E-state index in [1.54, 1.807) is 18.3 Å². The first-order valence-corrected chi connectivity index (χ1v) is 5.98. The van der Waals surface area contributed by atoms with Gasteiger partial charge in [0.05, 0.1) is 7.11 Å². The van der Waals surface area contributed by atoms with Crippen LogP contribution in [0.3, 0.4) is 0 Å². The molecule has 5 heteroatoms. The monoisotopic (exact) mass is 252 g/mol. The van der Waals surface area contributed by atoms with Gasteiger partial charge in [0.25, 0.3) is 0 Å². The molecule has 2 aromatic rings. The van der Waals surface area contributed by atoms with Crippen LogP contribution >= 0.6 is 11.3 Å². The Morgan fingerprint density at radius 1 is 1.47 bits per heavy atom. The number of thiazole rings is 1. The largest absolute Gasteiger partial charge is 0.494 e. The fraction of sp³-hybridized carbons (Fsp3) is 0.250. The predicted octanol–water partition coefficient (Wildman–Crippen LogP) is 2.98. The second kappa shape index (κ2) is 4.81. The van der Waals surface area contributed by atoms with Crippen LogP contribution in [0, 0.1) is 5.82 Å². The summed E-state index contributed by atoms with van der Waals surface area (Å²) in [4.78, 5) is 5.22. The molecule has 0 radical (unpaired) electrons. The van der Waals surface area contributed by atoms with Gasteiger partial charge in [-0.15, -0.1) is 11.3 Å². The quantitative estimate of drug-likeness (QED) is 0.913. The van der Waals surface area contributed by atoms with E-state index in [-0.39, 0.29) is 17.6 Å². The van der Waals surface area contributed by atoms with Crippen LogP contribution in [-0.2, 0) is 0 Å². The summed E-state index contributed by atoms with van der Waals surface area (Å²) in [6, 6.07) is 4.75. The van der Waals surface area contributed by atoms with Gasteiger partial charge in [0, 0.05) is 22.7 Å². The predicted molar refractivity (Wildman–Crippen MR) is 66.7 cm³/mol. The van der Waals surface area contributed by atoms with Gasteiger partial charge in [-0.05, 0) is 25.1 Å². The normalized spacial score (nSPS) is 12.5. The van der Waals surface area contributed by atoms with Crippen LogP contribution in [0.5, 0.6) is 5.75 Å². The molecule has 0 aliphatic rings. The van der Waals surface area contributed by atoms with Crippen LogP contribution in [-0.4, -0.2) is 12.1 Å². The number of methoxy groups -OCH3 is 1. The number of hydrogen-bond donors (Lipinski definition) is 1. The number of halogens is 1. The third-order valence-electron chi connectivity index (χ3n) is 2.37. The number of aromatic nitrogens is 1. The van der Waals surface area contributed by atoms with Crippen molar-refractivity contribution in [2.45, 2.75) is 13.0 Å². The highest BCUT2D eigenvalue weighted by atomic mass is 32.1. The van der Waals surface area contributed by atoms with E-state index in [0.29, 0.717) is 0 Å². The maximum atomic E-state index is 13.5. The molecule has 0 saturated carbocycles. The molecular formula is C12H13FN2OS. The van der Waals surface area contributed by atoms with E-state index in [2.05, 4.69) is 4.98 Å². The van der Waals surface area contributed by atoms with E-state index in [1.165, 1.54) is 24.5 Å². The van der Waals surface area contributed by atoms with Crippen molar-refractivity contribution in [3.8, 4) is 16.3 Å². The Hall–Kier alpha value is -1.46. The molecule has 0 saturated heterocycles. The van der Waals surface area contributed by atoms with Gasteiger partial charge in [0.15, 0.2) is 11.6 Å². The van der Waals surface area contributed by atoms with Crippen LogP contribution in [0.1, 0.15) is 17.8 Å². The Labute approximate surface area is 103 Å². The third-order valence-corrected chi connectivity index (χ3v) is 3.62. The molecule has 0 fully saturated rings. The molecule has 3 nitrogen and oxygen atoms in total. The molecule has 0 aliphatic carbocycles. The standard InChI is InChI=1S/C12H13FN2OS/c1-7(14)11-6-15-12(17-11)8-3-4-10(16-2)9(13)5-8/h3-7H,14H2,1-2H3. The van der Waals surface area contributed by atoms with Gasteiger partial charge in [-0.1, -0.05) is 0 Å². The smallest absolute Gasteiger partial charge is 0.165 e. The molecule has 2 N–H and O–H groups in total. The first-order chi connectivity index (χ1) is 8.11. The molecule has 2 rings (SSSR count). The van der Waals surface area contributed by atoms with Gasteiger partial charge in [-0.3, -0.25) is 0 Å². The lowest BCUT2D eigenvalue weighted by molar-refractivity contribution is 0.386. The molecule has 1 aromatic carbocycles. The minimum Gasteiger partial charge on any atom is -0.494 e. The molecule has 0 aliphatic heterocycles. The van der Waals surface area contributed by atoms with Crippen molar-refractivity contribution >= 4 is 11.3 Å². The first-order valence-electron chi connectivity index (χ1n) is 5.17. The van der Waals surface area contributed by atoms with Gasteiger partial charge < -0.3 is 10.5 Å². The summed E-state index contributed by atoms with van der Waals surface area (Å²) in [5, 5.41) is 0.763. The lowest BCUT2D eigenvalue weighted by atomic mass is 10.2. The molecule has 1 aromatic heterocycles. The average Bonchev–Trinajstić information content (AvgIpc) is 2.78. The van der Waals surface area contributed by atoms with E-state index in [1.807, 2.05) is 6.92 Å². The minimum absolute atomic E-state index is 0.0515. The highest BCUT2D eigenvalue weighted by molar-refractivity contribution is 7.15. The van der Waals surface area contributed by atoms with E-state index in [9.17, 15) is 4.39 Å². The first kappa shape index (κ1) is 12.0. The molecule has 17 heavy (non-hydrogen) atoms. The van der Waals surface area contributed by atoms with Crippen molar-refractivity contribution in [2.24, 2.45) is 5.73 Å². The van der Waals surface area contributed by atoms with Crippen LogP contribution in [0.15, 0.2) is 24.4 Å². The van der Waals surface area contributed by atoms with E-state index < -0.39 is 0 Å². The Morgan fingerprint density at radius 2 is 2.24 bits per heavy atom. The van der Waals surface area contributed by atoms with Crippen molar-refractivity contribution in [2.75, 3.05) is 7.11 Å². The number of rotatable bonds is 3. The van der Waals surface area contributed by atoms with Crippen LogP contribution < -0.4 is 10.5 Å². The van der Waals surface area contributed by atoms with Crippen molar-refractivity contribution in [3.05, 3.63) is 35.1 Å². The molecule has 0 spiro atoms. The highest BCUT2D eigenvalue weighted by Crippen LogP contribution is 2.30. The summed E-state index contributed by atoms with van der Waals surface area (Å²) in [5.41, 5.74) is 6.49. The number of nitrogens with two attached hydrogens (primary N) is 1. The zero-order chi connectivity index (χ0) is 12.4. The molecule has 1 heterocycles. The Balaban J connectivity index is 2.36. The van der Waals surface area contributed by atoms with Crippen molar-refractivity contribution in [3.63, 3.8) is 0 Å². The SMILES string of the molecule is COc1ccc(-c2ncc(C(C)N)s2)cc1F. The second-order valence-electron chi connectivity index (χ2n) is 3.71. The van der Waals surface area contributed by atoms with Gasteiger partial charge in [0.1, 0.15) is 5.01 Å². The zero-order valence-electron chi connectivity index (χ0n) is 9.61. The minimum atomic E-state index is -0.387. The lowest BCUT2D eigenvalue weighted by Crippen LogP contribution is -2.01. The van der Waals surface area contributed by atoms with E-state index in [4.69, 9.17) is 10.5 Å². The van der Waals surface area contributed by atoms with Crippen molar-refractivity contribution in [1.82, 2.24) is 4.98 Å². The van der Waals surface area contributed by atoms with Crippen LogP contribution in [0.4, 0.5) is 4.39 Å². The summed E-state index contributed by atoms with van der Waals surface area (Å²) in [5.74, 6) is -0.153. The molecule has 0 amide bonds. The van der Waals surface area contributed by atoms with E-state index >= 15 is 0 Å². The number of nitrogens with zero attached hydrogens (tertiary/aromatic N) is 1. The van der Waals surface area contributed by atoms with Gasteiger partial charge >= 0.3 is 0 Å². The molecular weight excluding hydrogens is 239 g/mol.